The Labute approximate surface area is 123 Å². The van der Waals surface area contributed by atoms with Crippen molar-refractivity contribution in [1.29, 1.82) is 5.26 Å². The molecule has 0 aliphatic carbocycles. The van der Waals surface area contributed by atoms with Crippen LogP contribution in [0.2, 0.25) is 5.02 Å². The molecular formula is C13H15ClN2O3S. The first kappa shape index (κ1) is 15.3. The number of nitriles is 1. The lowest BCUT2D eigenvalue weighted by molar-refractivity contribution is 0.191. The number of hydrogen-bond donors (Lipinski definition) is 1. The lowest BCUT2D eigenvalue weighted by Gasteiger charge is -2.25. The van der Waals surface area contributed by atoms with Crippen molar-refractivity contribution in [2.45, 2.75) is 24.3 Å². The summed E-state index contributed by atoms with van der Waals surface area (Å²) in [6.45, 7) is 2.07. The van der Waals surface area contributed by atoms with E-state index in [-0.39, 0.29) is 22.4 Å². The second-order valence-electron chi connectivity index (χ2n) is 4.89. The highest BCUT2D eigenvalue weighted by molar-refractivity contribution is 7.89. The normalized spacial score (nSPS) is 23.7. The van der Waals surface area contributed by atoms with E-state index in [2.05, 4.69) is 0 Å². The minimum atomic E-state index is -3.76. The van der Waals surface area contributed by atoms with Crippen LogP contribution in [-0.4, -0.2) is 37.0 Å². The minimum Gasteiger partial charge on any atom is -0.395 e. The third kappa shape index (κ3) is 2.54. The molecule has 1 aromatic carbocycles. The molecule has 2 atom stereocenters. The van der Waals surface area contributed by atoms with E-state index >= 15 is 0 Å². The fourth-order valence-corrected chi connectivity index (χ4v) is 4.70. The molecular weight excluding hydrogens is 300 g/mol. The van der Waals surface area contributed by atoms with Gasteiger partial charge in [0.15, 0.2) is 0 Å². The summed E-state index contributed by atoms with van der Waals surface area (Å²) in [6.07, 6.45) is 0.707. The highest BCUT2D eigenvalue weighted by Crippen LogP contribution is 2.32. The predicted molar refractivity (Wildman–Crippen MR) is 74.7 cm³/mol. The number of nitrogens with zero attached hydrogens (tertiary/aromatic N) is 2. The van der Waals surface area contributed by atoms with Crippen molar-refractivity contribution in [3.8, 4) is 6.07 Å². The zero-order valence-electron chi connectivity index (χ0n) is 11.0. The van der Waals surface area contributed by atoms with Crippen LogP contribution in [-0.2, 0) is 10.0 Å². The molecule has 1 saturated heterocycles. The summed E-state index contributed by atoms with van der Waals surface area (Å²) in [4.78, 5) is -0.0225. The zero-order chi connectivity index (χ0) is 14.9. The van der Waals surface area contributed by atoms with Crippen LogP contribution in [0.5, 0.6) is 0 Å². The SMILES string of the molecule is CC1CCN(S(=O)(=O)c2ccc(C#N)cc2Cl)C1CO. The van der Waals surface area contributed by atoms with Crippen molar-refractivity contribution in [1.82, 2.24) is 4.31 Å². The number of halogens is 1. The predicted octanol–water partition coefficient (Wildman–Crippen LogP) is 1.60. The Hall–Kier alpha value is -1.13. The Morgan fingerprint density at radius 1 is 1.55 bits per heavy atom. The van der Waals surface area contributed by atoms with Crippen LogP contribution in [0.15, 0.2) is 23.1 Å². The van der Waals surface area contributed by atoms with Gasteiger partial charge < -0.3 is 5.11 Å². The van der Waals surface area contributed by atoms with Gasteiger partial charge in [-0.05, 0) is 30.5 Å². The average Bonchev–Trinajstić information content (AvgIpc) is 2.79. The molecule has 2 unspecified atom stereocenters. The van der Waals surface area contributed by atoms with Gasteiger partial charge in [0.25, 0.3) is 0 Å². The second-order valence-corrected chi connectivity index (χ2v) is 7.15. The second kappa shape index (κ2) is 5.70. The summed E-state index contributed by atoms with van der Waals surface area (Å²) in [6, 6.07) is 5.58. The maximum absolute atomic E-state index is 12.6. The smallest absolute Gasteiger partial charge is 0.244 e. The molecule has 1 N–H and O–H groups in total. The molecule has 7 heteroatoms. The van der Waals surface area contributed by atoms with Crippen LogP contribution in [0.4, 0.5) is 0 Å². The first-order valence-electron chi connectivity index (χ1n) is 6.24. The number of hydrogen-bond acceptors (Lipinski definition) is 4. The monoisotopic (exact) mass is 314 g/mol. The van der Waals surface area contributed by atoms with Gasteiger partial charge in [-0.15, -0.1) is 0 Å². The van der Waals surface area contributed by atoms with E-state index in [4.69, 9.17) is 16.9 Å². The maximum atomic E-state index is 12.6. The molecule has 108 valence electrons. The Morgan fingerprint density at radius 3 is 2.80 bits per heavy atom. The molecule has 1 aliphatic rings. The van der Waals surface area contributed by atoms with Gasteiger partial charge >= 0.3 is 0 Å². The standard InChI is InChI=1S/C13H15ClN2O3S/c1-9-4-5-16(12(9)8-17)20(18,19)13-3-2-10(7-15)6-11(13)14/h2-3,6,9,12,17H,4-5,8H2,1H3. The maximum Gasteiger partial charge on any atom is 0.244 e. The van der Waals surface area contributed by atoms with Crippen LogP contribution in [0.3, 0.4) is 0 Å². The van der Waals surface area contributed by atoms with Crippen molar-refractivity contribution in [3.05, 3.63) is 28.8 Å². The van der Waals surface area contributed by atoms with Crippen LogP contribution in [0, 0.1) is 17.2 Å². The van der Waals surface area contributed by atoms with Crippen molar-refractivity contribution in [3.63, 3.8) is 0 Å². The quantitative estimate of drug-likeness (QED) is 0.919. The van der Waals surface area contributed by atoms with Gasteiger partial charge in [0.1, 0.15) is 4.90 Å². The number of aliphatic hydroxyl groups is 1. The van der Waals surface area contributed by atoms with Gasteiger partial charge in [0, 0.05) is 6.54 Å². The van der Waals surface area contributed by atoms with Crippen molar-refractivity contribution in [2.75, 3.05) is 13.2 Å². The van der Waals surface area contributed by atoms with E-state index in [1.54, 1.807) is 0 Å². The number of sulfonamides is 1. The van der Waals surface area contributed by atoms with E-state index in [9.17, 15) is 13.5 Å². The lowest BCUT2D eigenvalue weighted by Crippen LogP contribution is -2.39. The Morgan fingerprint density at radius 2 is 2.25 bits per heavy atom. The van der Waals surface area contributed by atoms with Gasteiger partial charge in [0.05, 0.1) is 29.3 Å². The molecule has 1 aromatic rings. The molecule has 2 rings (SSSR count). The van der Waals surface area contributed by atoms with E-state index in [1.165, 1.54) is 22.5 Å². The van der Waals surface area contributed by atoms with Crippen LogP contribution in [0.1, 0.15) is 18.9 Å². The van der Waals surface area contributed by atoms with E-state index in [1.807, 2.05) is 13.0 Å². The fourth-order valence-electron chi connectivity index (χ4n) is 2.45. The van der Waals surface area contributed by atoms with Crippen LogP contribution < -0.4 is 0 Å². The van der Waals surface area contributed by atoms with Gasteiger partial charge in [-0.25, -0.2) is 8.42 Å². The molecule has 1 fully saturated rings. The third-order valence-electron chi connectivity index (χ3n) is 3.67. The molecule has 0 spiro atoms. The van der Waals surface area contributed by atoms with E-state index in [0.717, 1.165) is 0 Å². The van der Waals surface area contributed by atoms with Crippen LogP contribution >= 0.6 is 11.6 Å². The highest BCUT2D eigenvalue weighted by Gasteiger charge is 2.39. The molecule has 0 saturated carbocycles. The summed E-state index contributed by atoms with van der Waals surface area (Å²) >= 11 is 5.98. The molecule has 0 radical (unpaired) electrons. The van der Waals surface area contributed by atoms with Gasteiger partial charge in [-0.3, -0.25) is 0 Å². The fraction of sp³-hybridized carbons (Fsp3) is 0.462. The number of rotatable bonds is 3. The molecule has 1 aliphatic heterocycles. The lowest BCUT2D eigenvalue weighted by atomic mass is 10.0. The topological polar surface area (TPSA) is 81.4 Å². The Kier molecular flexibility index (Phi) is 4.35. The van der Waals surface area contributed by atoms with Crippen molar-refractivity contribution in [2.24, 2.45) is 5.92 Å². The molecule has 5 nitrogen and oxygen atoms in total. The molecule has 20 heavy (non-hydrogen) atoms. The van der Waals surface area contributed by atoms with Gasteiger partial charge in [0.2, 0.25) is 10.0 Å². The summed E-state index contributed by atoms with van der Waals surface area (Å²) in [5.74, 6) is 0.104. The van der Waals surface area contributed by atoms with Gasteiger partial charge in [-0.1, -0.05) is 18.5 Å². The largest absolute Gasteiger partial charge is 0.395 e. The molecule has 0 aromatic heterocycles. The summed E-state index contributed by atoms with van der Waals surface area (Å²) in [5, 5.41) is 18.2. The summed E-state index contributed by atoms with van der Waals surface area (Å²) in [7, 11) is -3.76. The van der Waals surface area contributed by atoms with Crippen LogP contribution in [0.25, 0.3) is 0 Å². The number of aliphatic hydroxyl groups excluding tert-OH is 1. The first-order chi connectivity index (χ1) is 9.41. The summed E-state index contributed by atoms with van der Waals surface area (Å²) < 4.78 is 26.5. The summed E-state index contributed by atoms with van der Waals surface area (Å²) in [5.41, 5.74) is 0.308. The molecule has 0 amide bonds. The average molecular weight is 315 g/mol. The molecule has 0 bridgehead atoms. The van der Waals surface area contributed by atoms with Crippen molar-refractivity contribution >= 4 is 21.6 Å². The Balaban J connectivity index is 2.43. The third-order valence-corrected chi connectivity index (χ3v) is 6.07. The van der Waals surface area contributed by atoms with E-state index < -0.39 is 16.1 Å². The zero-order valence-corrected chi connectivity index (χ0v) is 12.5. The Bertz CT molecular complexity index is 654. The van der Waals surface area contributed by atoms with E-state index in [0.29, 0.717) is 18.5 Å². The number of benzene rings is 1. The minimum absolute atomic E-state index is 0.0225. The first-order valence-corrected chi connectivity index (χ1v) is 8.06. The molecule has 1 heterocycles. The highest BCUT2D eigenvalue weighted by atomic mass is 35.5. The van der Waals surface area contributed by atoms with Gasteiger partial charge in [-0.2, -0.15) is 9.57 Å². The van der Waals surface area contributed by atoms with Crippen molar-refractivity contribution < 1.29 is 13.5 Å².